The monoisotopic (exact) mass is 613 g/mol. The molecule has 0 atom stereocenters. The summed E-state index contributed by atoms with van der Waals surface area (Å²) in [6.45, 7) is 0. The van der Waals surface area contributed by atoms with Gasteiger partial charge in [0.2, 0.25) is 0 Å². The van der Waals surface area contributed by atoms with Crippen LogP contribution in [0.2, 0.25) is 0 Å². The van der Waals surface area contributed by atoms with E-state index in [0.717, 1.165) is 55.5 Å². The van der Waals surface area contributed by atoms with E-state index in [1.807, 2.05) is 0 Å². The van der Waals surface area contributed by atoms with Crippen molar-refractivity contribution in [3.8, 4) is 33.4 Å². The van der Waals surface area contributed by atoms with Crippen LogP contribution in [-0.2, 0) is 0 Å². The van der Waals surface area contributed by atoms with Crippen LogP contribution in [0.1, 0.15) is 0 Å². The van der Waals surface area contributed by atoms with Gasteiger partial charge in [-0.25, -0.2) is 0 Å². The Morgan fingerprint density at radius 3 is 1.67 bits per heavy atom. The van der Waals surface area contributed by atoms with Gasteiger partial charge in [-0.15, -0.1) is 0 Å². The smallest absolute Gasteiger partial charge is 0.143 e. The molecule has 0 N–H and O–H groups in total. The summed E-state index contributed by atoms with van der Waals surface area (Å²) in [6.07, 6.45) is 0. The third-order valence-corrected chi connectivity index (χ3v) is 9.29. The Labute approximate surface area is 279 Å². The highest BCUT2D eigenvalue weighted by molar-refractivity contribution is 6.19. The van der Waals surface area contributed by atoms with Crippen molar-refractivity contribution >= 4 is 49.8 Å². The Hall–Kier alpha value is -6.38. The van der Waals surface area contributed by atoms with Crippen molar-refractivity contribution in [2.75, 3.05) is 4.90 Å². The fourth-order valence-electron chi connectivity index (χ4n) is 6.98. The Morgan fingerprint density at radius 2 is 0.917 bits per heavy atom. The summed E-state index contributed by atoms with van der Waals surface area (Å²) < 4.78 is 6.49. The Balaban J connectivity index is 1.18. The summed E-state index contributed by atoms with van der Waals surface area (Å²) in [5.74, 6) is 0. The average molecular weight is 614 g/mol. The molecule has 0 fully saturated rings. The number of rotatable bonds is 6. The molecule has 0 bridgehead atoms. The van der Waals surface area contributed by atoms with E-state index in [2.05, 4.69) is 193 Å². The van der Waals surface area contributed by atoms with Gasteiger partial charge < -0.3 is 9.32 Å². The molecule has 0 aliphatic carbocycles. The molecule has 0 saturated heterocycles. The third-order valence-electron chi connectivity index (χ3n) is 9.29. The van der Waals surface area contributed by atoms with Gasteiger partial charge in [0.05, 0.1) is 5.69 Å². The van der Waals surface area contributed by atoms with Crippen LogP contribution in [0.4, 0.5) is 17.1 Å². The molecule has 0 radical (unpaired) electrons. The van der Waals surface area contributed by atoms with Gasteiger partial charge in [0.1, 0.15) is 11.2 Å². The highest BCUT2D eigenvalue weighted by Gasteiger charge is 2.19. The van der Waals surface area contributed by atoms with Crippen LogP contribution < -0.4 is 4.90 Å². The minimum Gasteiger partial charge on any atom is -0.455 e. The molecule has 0 spiro atoms. The van der Waals surface area contributed by atoms with E-state index in [0.29, 0.717) is 0 Å². The highest BCUT2D eigenvalue weighted by atomic mass is 16.3. The summed E-state index contributed by atoms with van der Waals surface area (Å²) in [5.41, 5.74) is 12.2. The minimum absolute atomic E-state index is 0.903. The summed E-state index contributed by atoms with van der Waals surface area (Å²) in [7, 11) is 0. The van der Waals surface area contributed by atoms with Gasteiger partial charge in [-0.1, -0.05) is 146 Å². The molecule has 0 saturated carbocycles. The van der Waals surface area contributed by atoms with Gasteiger partial charge in [-0.05, 0) is 75.7 Å². The normalized spacial score (nSPS) is 11.3. The molecule has 9 aromatic rings. The second kappa shape index (κ2) is 11.8. The van der Waals surface area contributed by atoms with Crippen molar-refractivity contribution in [1.29, 1.82) is 0 Å². The molecule has 1 aromatic heterocycles. The largest absolute Gasteiger partial charge is 0.455 e. The lowest BCUT2D eigenvalue weighted by molar-refractivity contribution is 0.673. The first-order valence-corrected chi connectivity index (χ1v) is 16.4. The van der Waals surface area contributed by atoms with E-state index in [4.69, 9.17) is 4.42 Å². The first kappa shape index (κ1) is 27.9. The molecule has 9 rings (SSSR count). The number of para-hydroxylation sites is 1. The van der Waals surface area contributed by atoms with Crippen LogP contribution in [0.15, 0.2) is 192 Å². The predicted molar refractivity (Wildman–Crippen MR) is 202 cm³/mol. The zero-order chi connectivity index (χ0) is 31.9. The number of hydrogen-bond donors (Lipinski definition) is 0. The van der Waals surface area contributed by atoms with Gasteiger partial charge in [0.15, 0.2) is 0 Å². The average Bonchev–Trinajstić information content (AvgIpc) is 3.56. The Bertz CT molecular complexity index is 2530. The minimum atomic E-state index is 0.903. The van der Waals surface area contributed by atoms with Crippen LogP contribution in [0.5, 0.6) is 0 Å². The lowest BCUT2D eigenvalue weighted by atomic mass is 9.97. The number of fused-ring (bicyclic) bond motifs is 5. The molecule has 2 heteroatoms. The van der Waals surface area contributed by atoms with Crippen LogP contribution in [0, 0.1) is 0 Å². The maximum atomic E-state index is 6.49. The van der Waals surface area contributed by atoms with Crippen molar-refractivity contribution in [2.24, 2.45) is 0 Å². The number of hydrogen-bond acceptors (Lipinski definition) is 2. The summed E-state index contributed by atoms with van der Waals surface area (Å²) in [4.78, 5) is 2.36. The van der Waals surface area contributed by atoms with Crippen molar-refractivity contribution < 1.29 is 4.42 Å². The summed E-state index contributed by atoms with van der Waals surface area (Å²) in [6, 6.07) is 66.8. The molecule has 48 heavy (non-hydrogen) atoms. The standard InChI is InChI=1S/C46H31NO/c1-3-12-32(13-4-1)33-22-27-37(28-23-33)47(43-20-10-9-17-39(43)34-14-5-2-6-15-34)38-29-24-36(25-30-38)40-19-11-21-44-45(40)42-31-26-35-16-7-8-18-41(35)46(42)48-44/h1-31H. The maximum absolute atomic E-state index is 6.49. The van der Waals surface area contributed by atoms with Gasteiger partial charge in [-0.2, -0.15) is 0 Å². The fraction of sp³-hybridized carbons (Fsp3) is 0. The van der Waals surface area contributed by atoms with Gasteiger partial charge in [0, 0.05) is 33.1 Å². The number of nitrogens with zero attached hydrogens (tertiary/aromatic N) is 1. The Morgan fingerprint density at radius 1 is 0.354 bits per heavy atom. The van der Waals surface area contributed by atoms with E-state index in [9.17, 15) is 0 Å². The first-order chi connectivity index (χ1) is 23.8. The van der Waals surface area contributed by atoms with Crippen LogP contribution >= 0.6 is 0 Å². The van der Waals surface area contributed by atoms with E-state index in [1.54, 1.807) is 0 Å². The molecule has 226 valence electrons. The van der Waals surface area contributed by atoms with Gasteiger partial charge in [0.25, 0.3) is 0 Å². The van der Waals surface area contributed by atoms with Crippen molar-refractivity contribution in [3.63, 3.8) is 0 Å². The number of benzene rings is 8. The van der Waals surface area contributed by atoms with E-state index in [-0.39, 0.29) is 0 Å². The van der Waals surface area contributed by atoms with Crippen LogP contribution in [-0.4, -0.2) is 0 Å². The highest BCUT2D eigenvalue weighted by Crippen LogP contribution is 2.43. The van der Waals surface area contributed by atoms with Crippen molar-refractivity contribution in [2.45, 2.75) is 0 Å². The lowest BCUT2D eigenvalue weighted by Crippen LogP contribution is -2.11. The molecule has 0 aliphatic heterocycles. The van der Waals surface area contributed by atoms with E-state index >= 15 is 0 Å². The molecule has 2 nitrogen and oxygen atoms in total. The predicted octanol–water partition coefficient (Wildman–Crippen LogP) is 13.2. The van der Waals surface area contributed by atoms with Crippen LogP contribution in [0.25, 0.3) is 66.1 Å². The summed E-state index contributed by atoms with van der Waals surface area (Å²) >= 11 is 0. The zero-order valence-corrected chi connectivity index (χ0v) is 26.3. The molecule has 0 amide bonds. The van der Waals surface area contributed by atoms with Crippen molar-refractivity contribution in [1.82, 2.24) is 0 Å². The lowest BCUT2D eigenvalue weighted by Gasteiger charge is -2.28. The van der Waals surface area contributed by atoms with Gasteiger partial charge in [-0.3, -0.25) is 0 Å². The second-order valence-corrected chi connectivity index (χ2v) is 12.1. The quantitative estimate of drug-likeness (QED) is 0.185. The van der Waals surface area contributed by atoms with E-state index < -0.39 is 0 Å². The molecular weight excluding hydrogens is 583 g/mol. The molecule has 0 aliphatic rings. The molecule has 1 heterocycles. The second-order valence-electron chi connectivity index (χ2n) is 12.1. The van der Waals surface area contributed by atoms with Crippen LogP contribution in [0.3, 0.4) is 0 Å². The first-order valence-electron chi connectivity index (χ1n) is 16.4. The zero-order valence-electron chi connectivity index (χ0n) is 26.3. The fourth-order valence-corrected chi connectivity index (χ4v) is 6.98. The van der Waals surface area contributed by atoms with Gasteiger partial charge >= 0.3 is 0 Å². The SMILES string of the molecule is c1ccc(-c2ccc(N(c3ccc(-c4cccc5oc6c7ccccc7ccc6c45)cc3)c3ccccc3-c3ccccc3)cc2)cc1. The third kappa shape index (κ3) is 4.83. The topological polar surface area (TPSA) is 16.4 Å². The summed E-state index contributed by atoms with van der Waals surface area (Å²) in [5, 5.41) is 4.61. The maximum Gasteiger partial charge on any atom is 0.143 e. The number of anilines is 3. The number of furan rings is 1. The van der Waals surface area contributed by atoms with Crippen molar-refractivity contribution in [3.05, 3.63) is 188 Å². The molecular formula is C46H31NO. The Kier molecular flexibility index (Phi) is 6.84. The molecule has 8 aromatic carbocycles. The van der Waals surface area contributed by atoms with E-state index in [1.165, 1.54) is 27.6 Å². The molecule has 0 unspecified atom stereocenters.